The Morgan fingerprint density at radius 3 is 1.68 bits per heavy atom. The zero-order valence-corrected chi connectivity index (χ0v) is 31.1. The van der Waals surface area contributed by atoms with Gasteiger partial charge in [-0.2, -0.15) is 0 Å². The summed E-state index contributed by atoms with van der Waals surface area (Å²) in [7, 11) is 0. The Hall–Kier alpha value is -7.62. The monoisotopic (exact) mass is 728 g/mol. The number of hydrogen-bond donors (Lipinski definition) is 0. The maximum absolute atomic E-state index is 6.34. The van der Waals surface area contributed by atoms with E-state index in [1.165, 1.54) is 38.5 Å². The SMILES string of the molecule is c1ccc(-c2ccccc2-c2ccccc2N(c2cccc(-c3ccc4c(c3)oc3ccccc34)c2)c2cccc(-n3c4ccccc4c4ccccc43)c2)cc1. The maximum atomic E-state index is 6.34. The molecule has 0 fully saturated rings. The second-order valence-electron chi connectivity index (χ2n) is 14.5. The minimum Gasteiger partial charge on any atom is -0.456 e. The fraction of sp³-hybridized carbons (Fsp3) is 0. The Balaban J connectivity index is 1.12. The lowest BCUT2D eigenvalue weighted by Gasteiger charge is -2.29. The van der Waals surface area contributed by atoms with E-state index in [0.717, 1.165) is 61.4 Å². The van der Waals surface area contributed by atoms with Crippen LogP contribution in [0.5, 0.6) is 0 Å². The van der Waals surface area contributed by atoms with Crippen LogP contribution in [0.15, 0.2) is 223 Å². The largest absolute Gasteiger partial charge is 0.456 e. The molecule has 9 aromatic carbocycles. The highest BCUT2D eigenvalue weighted by Gasteiger charge is 2.21. The zero-order valence-electron chi connectivity index (χ0n) is 31.1. The molecule has 0 atom stereocenters. The normalized spacial score (nSPS) is 11.5. The molecule has 57 heavy (non-hydrogen) atoms. The van der Waals surface area contributed by atoms with E-state index in [9.17, 15) is 0 Å². The Kier molecular flexibility index (Phi) is 7.82. The lowest BCUT2D eigenvalue weighted by Crippen LogP contribution is -2.12. The summed E-state index contributed by atoms with van der Waals surface area (Å²) < 4.78 is 8.73. The van der Waals surface area contributed by atoms with E-state index in [-0.39, 0.29) is 0 Å². The highest BCUT2D eigenvalue weighted by atomic mass is 16.3. The number of aromatic nitrogens is 1. The fourth-order valence-corrected chi connectivity index (χ4v) is 8.61. The Morgan fingerprint density at radius 1 is 0.333 bits per heavy atom. The summed E-state index contributed by atoms with van der Waals surface area (Å²) >= 11 is 0. The van der Waals surface area contributed by atoms with E-state index in [1.807, 2.05) is 12.1 Å². The van der Waals surface area contributed by atoms with Crippen molar-refractivity contribution in [3.05, 3.63) is 218 Å². The van der Waals surface area contributed by atoms with Crippen molar-refractivity contribution in [3.63, 3.8) is 0 Å². The van der Waals surface area contributed by atoms with Crippen molar-refractivity contribution in [2.75, 3.05) is 4.90 Å². The van der Waals surface area contributed by atoms with Gasteiger partial charge in [-0.15, -0.1) is 0 Å². The van der Waals surface area contributed by atoms with E-state index < -0.39 is 0 Å². The fourth-order valence-electron chi connectivity index (χ4n) is 8.61. The topological polar surface area (TPSA) is 21.3 Å². The molecule has 3 nitrogen and oxygen atoms in total. The van der Waals surface area contributed by atoms with Crippen molar-refractivity contribution >= 4 is 60.8 Å². The van der Waals surface area contributed by atoms with E-state index in [2.05, 4.69) is 216 Å². The summed E-state index contributed by atoms with van der Waals surface area (Å²) in [4.78, 5) is 2.41. The van der Waals surface area contributed by atoms with Gasteiger partial charge >= 0.3 is 0 Å². The van der Waals surface area contributed by atoms with Gasteiger partial charge in [0.2, 0.25) is 0 Å². The van der Waals surface area contributed by atoms with Crippen LogP contribution < -0.4 is 4.90 Å². The van der Waals surface area contributed by atoms with Crippen molar-refractivity contribution in [1.82, 2.24) is 4.57 Å². The minimum atomic E-state index is 0.887. The van der Waals surface area contributed by atoms with Gasteiger partial charge in [0.05, 0.1) is 16.7 Å². The summed E-state index contributed by atoms with van der Waals surface area (Å²) in [6.07, 6.45) is 0. The lowest BCUT2D eigenvalue weighted by atomic mass is 9.93. The highest BCUT2D eigenvalue weighted by molar-refractivity contribution is 6.09. The van der Waals surface area contributed by atoms with Crippen LogP contribution in [-0.4, -0.2) is 4.57 Å². The predicted octanol–water partition coefficient (Wildman–Crippen LogP) is 15.2. The zero-order chi connectivity index (χ0) is 37.7. The van der Waals surface area contributed by atoms with Crippen molar-refractivity contribution in [2.24, 2.45) is 0 Å². The molecule has 0 saturated carbocycles. The third-order valence-electron chi connectivity index (χ3n) is 11.2. The summed E-state index contributed by atoms with van der Waals surface area (Å²) in [6, 6.07) is 78.2. The molecule has 0 radical (unpaired) electrons. The molecule has 0 amide bonds. The number of nitrogens with zero attached hydrogens (tertiary/aromatic N) is 2. The molecule has 268 valence electrons. The minimum absolute atomic E-state index is 0.887. The van der Waals surface area contributed by atoms with E-state index in [0.29, 0.717) is 0 Å². The van der Waals surface area contributed by atoms with Gasteiger partial charge in [0.1, 0.15) is 11.2 Å². The van der Waals surface area contributed by atoms with Crippen LogP contribution in [-0.2, 0) is 0 Å². The van der Waals surface area contributed by atoms with Gasteiger partial charge in [-0.3, -0.25) is 0 Å². The predicted molar refractivity (Wildman–Crippen MR) is 239 cm³/mol. The molecule has 0 unspecified atom stereocenters. The highest BCUT2D eigenvalue weighted by Crippen LogP contribution is 2.45. The van der Waals surface area contributed by atoms with Crippen LogP contribution in [0.3, 0.4) is 0 Å². The van der Waals surface area contributed by atoms with Crippen LogP contribution >= 0.6 is 0 Å². The number of furan rings is 1. The van der Waals surface area contributed by atoms with E-state index >= 15 is 0 Å². The first kappa shape index (κ1) is 32.8. The van der Waals surface area contributed by atoms with Gasteiger partial charge in [0.25, 0.3) is 0 Å². The molecule has 2 aromatic heterocycles. The molecule has 2 heterocycles. The Labute approximate surface area is 330 Å². The molecular weight excluding hydrogens is 693 g/mol. The van der Waals surface area contributed by atoms with Gasteiger partial charge in [0.15, 0.2) is 0 Å². The summed E-state index contributed by atoms with van der Waals surface area (Å²) in [5.74, 6) is 0. The average Bonchev–Trinajstić information content (AvgIpc) is 3.83. The molecule has 0 aliphatic rings. The first-order valence-electron chi connectivity index (χ1n) is 19.4. The van der Waals surface area contributed by atoms with Gasteiger partial charge in [-0.25, -0.2) is 0 Å². The molecule has 0 spiro atoms. The van der Waals surface area contributed by atoms with Crippen LogP contribution in [0, 0.1) is 0 Å². The van der Waals surface area contributed by atoms with Crippen molar-refractivity contribution in [3.8, 4) is 39.1 Å². The molecule has 0 N–H and O–H groups in total. The summed E-state index contributed by atoms with van der Waals surface area (Å²) in [5, 5.41) is 4.74. The molecule has 0 saturated heterocycles. The van der Waals surface area contributed by atoms with Crippen LogP contribution in [0.4, 0.5) is 17.1 Å². The van der Waals surface area contributed by atoms with Crippen LogP contribution in [0.2, 0.25) is 0 Å². The molecule has 3 heteroatoms. The number of hydrogen-bond acceptors (Lipinski definition) is 2. The van der Waals surface area contributed by atoms with Gasteiger partial charge in [-0.05, 0) is 94.5 Å². The first-order chi connectivity index (χ1) is 28.3. The van der Waals surface area contributed by atoms with Gasteiger partial charge < -0.3 is 13.9 Å². The third kappa shape index (κ3) is 5.60. The first-order valence-corrected chi connectivity index (χ1v) is 19.4. The van der Waals surface area contributed by atoms with Crippen molar-refractivity contribution in [1.29, 1.82) is 0 Å². The number of anilines is 3. The van der Waals surface area contributed by atoms with Gasteiger partial charge in [-0.1, -0.05) is 152 Å². The van der Waals surface area contributed by atoms with Gasteiger partial charge in [0, 0.05) is 44.2 Å². The number of rotatable bonds is 7. The second kappa shape index (κ2) is 13.6. The summed E-state index contributed by atoms with van der Waals surface area (Å²) in [6.45, 7) is 0. The summed E-state index contributed by atoms with van der Waals surface area (Å²) in [5.41, 5.74) is 15.4. The maximum Gasteiger partial charge on any atom is 0.136 e. The smallest absolute Gasteiger partial charge is 0.136 e. The molecule has 0 aliphatic carbocycles. The van der Waals surface area contributed by atoms with Crippen molar-refractivity contribution < 1.29 is 4.42 Å². The standard InChI is InChI=1S/C54H36N2O/c1-2-16-37(17-3-1)43-22-4-5-23-44(43)45-24-6-10-28-50(45)55(40-19-14-18-38(34-40)39-32-33-49-48-27-9-13-31-53(48)57-54(49)35-39)41-20-15-21-42(36-41)56-51-29-11-7-25-46(51)47-26-8-12-30-52(47)56/h1-36H. The molecule has 11 aromatic rings. The second-order valence-corrected chi connectivity index (χ2v) is 14.5. The van der Waals surface area contributed by atoms with Crippen LogP contribution in [0.25, 0.3) is 82.8 Å². The lowest BCUT2D eigenvalue weighted by molar-refractivity contribution is 0.669. The van der Waals surface area contributed by atoms with E-state index in [1.54, 1.807) is 0 Å². The molecule has 11 rings (SSSR count). The quantitative estimate of drug-likeness (QED) is 0.163. The molecule has 0 aliphatic heterocycles. The number of para-hydroxylation sites is 4. The molecular formula is C54H36N2O. The molecule has 0 bridgehead atoms. The number of benzene rings is 9. The van der Waals surface area contributed by atoms with Crippen LogP contribution in [0.1, 0.15) is 0 Å². The van der Waals surface area contributed by atoms with E-state index in [4.69, 9.17) is 4.42 Å². The number of fused-ring (bicyclic) bond motifs is 6. The third-order valence-corrected chi connectivity index (χ3v) is 11.2. The average molecular weight is 729 g/mol. The Morgan fingerprint density at radius 2 is 0.895 bits per heavy atom. The Bertz CT molecular complexity index is 3210. The van der Waals surface area contributed by atoms with Crippen molar-refractivity contribution in [2.45, 2.75) is 0 Å².